The number of hydrogen-bond acceptors (Lipinski definition) is 2. The summed E-state index contributed by atoms with van der Waals surface area (Å²) in [4.78, 5) is 6.26. The molecule has 0 atom stereocenters. The topological polar surface area (TPSA) is 12.9 Å². The van der Waals surface area contributed by atoms with Gasteiger partial charge in [0.05, 0.1) is 5.69 Å². The van der Waals surface area contributed by atoms with E-state index in [1.807, 2.05) is 17.5 Å². The lowest BCUT2D eigenvalue weighted by atomic mass is 9.84. The minimum absolute atomic E-state index is 0.0759. The highest BCUT2D eigenvalue weighted by Crippen LogP contribution is 2.41. The molecule has 0 bridgehead atoms. The third kappa shape index (κ3) is 3.33. The number of hydrogen-bond donors (Lipinski definition) is 0. The van der Waals surface area contributed by atoms with E-state index in [2.05, 4.69) is 97.0 Å². The number of aryl methyl sites for hydroxylation is 2. The van der Waals surface area contributed by atoms with Gasteiger partial charge in [-0.3, -0.25) is 4.98 Å². The first-order valence-electron chi connectivity index (χ1n) is 11.5. The molecule has 0 fully saturated rings. The van der Waals surface area contributed by atoms with E-state index in [0.29, 0.717) is 5.92 Å². The molecule has 0 unspecified atom stereocenters. The normalized spacial score (nSPS) is 12.5. The molecule has 5 aromatic rings. The van der Waals surface area contributed by atoms with Crippen molar-refractivity contribution >= 4 is 43.0 Å². The van der Waals surface area contributed by atoms with Gasteiger partial charge in [-0.25, -0.2) is 0 Å². The van der Waals surface area contributed by atoms with Crippen LogP contribution in [0.15, 0.2) is 54.7 Å². The molecule has 162 valence electrons. The van der Waals surface area contributed by atoms with Gasteiger partial charge < -0.3 is 0 Å². The molecule has 1 nitrogen and oxygen atoms in total. The van der Waals surface area contributed by atoms with Gasteiger partial charge in [0.1, 0.15) is 0 Å². The molecule has 0 saturated heterocycles. The van der Waals surface area contributed by atoms with Crippen LogP contribution in [0, 0.1) is 13.8 Å². The molecular formula is C30H31NS. The molecule has 0 amide bonds. The average molecular weight is 438 g/mol. The first-order chi connectivity index (χ1) is 15.1. The Balaban J connectivity index is 1.83. The molecule has 2 aromatic heterocycles. The Hall–Kier alpha value is -2.71. The monoisotopic (exact) mass is 437 g/mol. The third-order valence-corrected chi connectivity index (χ3v) is 7.70. The van der Waals surface area contributed by atoms with Crippen LogP contribution in [0.2, 0.25) is 0 Å². The van der Waals surface area contributed by atoms with E-state index in [9.17, 15) is 0 Å². The van der Waals surface area contributed by atoms with Gasteiger partial charge >= 0.3 is 0 Å². The molecule has 2 heteroatoms. The minimum Gasteiger partial charge on any atom is -0.256 e. The van der Waals surface area contributed by atoms with Crippen LogP contribution in [-0.4, -0.2) is 4.98 Å². The van der Waals surface area contributed by atoms with Crippen LogP contribution in [-0.2, 0) is 5.41 Å². The predicted octanol–water partition coefficient (Wildman–Crippen LogP) is 9.31. The fraction of sp³-hybridized carbons (Fsp3) is 0.300. The quantitative estimate of drug-likeness (QED) is 0.251. The van der Waals surface area contributed by atoms with E-state index in [0.717, 1.165) is 5.69 Å². The van der Waals surface area contributed by atoms with Crippen LogP contribution in [0.5, 0.6) is 0 Å². The smallest absolute Gasteiger partial charge is 0.0780 e. The molecule has 0 N–H and O–H groups in total. The fourth-order valence-electron chi connectivity index (χ4n) is 5.18. The maximum absolute atomic E-state index is 4.90. The molecule has 0 radical (unpaired) electrons. The number of aromatic nitrogens is 1. The minimum atomic E-state index is 0.0759. The number of fused-ring (bicyclic) bond motifs is 4. The summed E-state index contributed by atoms with van der Waals surface area (Å²) in [5.41, 5.74) is 6.59. The Morgan fingerprint density at radius 3 is 2.22 bits per heavy atom. The second-order valence-corrected chi connectivity index (χ2v) is 11.7. The molecule has 0 aliphatic heterocycles. The van der Waals surface area contributed by atoms with Gasteiger partial charge in [0, 0.05) is 26.7 Å². The Labute approximate surface area is 195 Å². The van der Waals surface area contributed by atoms with Gasteiger partial charge in [-0.05, 0) is 87.7 Å². The summed E-state index contributed by atoms with van der Waals surface area (Å²) in [5, 5.41) is 6.53. The summed E-state index contributed by atoms with van der Waals surface area (Å²) in [7, 11) is 0. The van der Waals surface area contributed by atoms with E-state index < -0.39 is 0 Å². The zero-order valence-electron chi connectivity index (χ0n) is 20.1. The fourth-order valence-corrected chi connectivity index (χ4v) is 6.39. The van der Waals surface area contributed by atoms with Crippen molar-refractivity contribution < 1.29 is 0 Å². The van der Waals surface area contributed by atoms with Crippen molar-refractivity contribution in [2.75, 3.05) is 0 Å². The van der Waals surface area contributed by atoms with Crippen LogP contribution >= 0.6 is 11.3 Å². The Morgan fingerprint density at radius 1 is 0.812 bits per heavy atom. The van der Waals surface area contributed by atoms with Crippen LogP contribution < -0.4 is 0 Å². The number of rotatable bonds is 2. The molecule has 0 spiro atoms. The maximum Gasteiger partial charge on any atom is 0.0780 e. The summed E-state index contributed by atoms with van der Waals surface area (Å²) in [6, 6.07) is 18.3. The average Bonchev–Trinajstić information content (AvgIpc) is 3.10. The van der Waals surface area contributed by atoms with Crippen molar-refractivity contribution in [3.05, 3.63) is 76.3 Å². The molecule has 0 aliphatic carbocycles. The van der Waals surface area contributed by atoms with Crippen LogP contribution in [0.3, 0.4) is 0 Å². The van der Waals surface area contributed by atoms with E-state index in [4.69, 9.17) is 4.98 Å². The van der Waals surface area contributed by atoms with Crippen molar-refractivity contribution in [2.45, 2.75) is 59.8 Å². The second-order valence-electron chi connectivity index (χ2n) is 10.4. The first-order valence-corrected chi connectivity index (χ1v) is 12.3. The molecule has 5 rings (SSSR count). The molecule has 3 aromatic carbocycles. The van der Waals surface area contributed by atoms with Crippen molar-refractivity contribution in [1.29, 1.82) is 0 Å². The van der Waals surface area contributed by atoms with Crippen LogP contribution in [0.25, 0.3) is 42.9 Å². The standard InChI is InChI=1S/C30H31NS/c1-17(2)27-18(3)8-9-22-23-12-13-31-28(25(23)11-10-24(22)27)20-15-21-14-19(4)32-29(21)26(16-20)30(5,6)7/h8-17H,1-7H3. The van der Waals surface area contributed by atoms with Gasteiger partial charge in [-0.15, -0.1) is 11.3 Å². The number of nitrogens with zero attached hydrogens (tertiary/aromatic N) is 1. The highest BCUT2D eigenvalue weighted by Gasteiger charge is 2.21. The SMILES string of the molecule is Cc1cc2cc(-c3nccc4c3ccc3c(C(C)C)c(C)ccc34)cc(C(C)(C)C)c2s1. The van der Waals surface area contributed by atoms with Crippen molar-refractivity contribution in [3.63, 3.8) is 0 Å². The third-order valence-electron chi connectivity index (χ3n) is 6.60. The van der Waals surface area contributed by atoms with E-state index in [1.54, 1.807) is 0 Å². The first kappa shape index (κ1) is 21.2. The largest absolute Gasteiger partial charge is 0.256 e. The van der Waals surface area contributed by atoms with Crippen LogP contribution in [0.4, 0.5) is 0 Å². The van der Waals surface area contributed by atoms with Crippen molar-refractivity contribution in [1.82, 2.24) is 4.98 Å². The maximum atomic E-state index is 4.90. The molecular weight excluding hydrogens is 406 g/mol. The van der Waals surface area contributed by atoms with E-state index in [-0.39, 0.29) is 5.41 Å². The summed E-state index contributed by atoms with van der Waals surface area (Å²) in [6.07, 6.45) is 1.98. The zero-order valence-corrected chi connectivity index (χ0v) is 20.9. The van der Waals surface area contributed by atoms with Gasteiger partial charge in [0.15, 0.2) is 0 Å². The summed E-state index contributed by atoms with van der Waals surface area (Å²) in [5.74, 6) is 0.496. The predicted molar refractivity (Wildman–Crippen MR) is 142 cm³/mol. The van der Waals surface area contributed by atoms with Crippen LogP contribution in [0.1, 0.15) is 62.1 Å². The Kier molecular flexibility index (Phi) is 4.90. The lowest BCUT2D eigenvalue weighted by Gasteiger charge is -2.21. The summed E-state index contributed by atoms with van der Waals surface area (Å²) < 4.78 is 1.40. The number of pyridine rings is 1. The Morgan fingerprint density at radius 2 is 1.50 bits per heavy atom. The lowest BCUT2D eigenvalue weighted by molar-refractivity contribution is 0.597. The molecule has 32 heavy (non-hydrogen) atoms. The van der Waals surface area contributed by atoms with Gasteiger partial charge in [0.2, 0.25) is 0 Å². The molecule has 2 heterocycles. The second kappa shape index (κ2) is 7.42. The lowest BCUT2D eigenvalue weighted by Crippen LogP contribution is -2.11. The summed E-state index contributed by atoms with van der Waals surface area (Å²) in [6.45, 7) is 15.9. The van der Waals surface area contributed by atoms with Gasteiger partial charge in [0.25, 0.3) is 0 Å². The Bertz CT molecular complexity index is 1500. The molecule has 0 saturated carbocycles. The van der Waals surface area contributed by atoms with E-state index in [1.165, 1.54) is 58.8 Å². The van der Waals surface area contributed by atoms with Gasteiger partial charge in [-0.2, -0.15) is 0 Å². The number of thiophene rings is 1. The van der Waals surface area contributed by atoms with Crippen molar-refractivity contribution in [2.24, 2.45) is 0 Å². The van der Waals surface area contributed by atoms with E-state index >= 15 is 0 Å². The highest BCUT2D eigenvalue weighted by atomic mass is 32.1. The number of benzene rings is 3. The van der Waals surface area contributed by atoms with Crippen molar-refractivity contribution in [3.8, 4) is 11.3 Å². The van der Waals surface area contributed by atoms with Gasteiger partial charge in [-0.1, -0.05) is 58.9 Å². The zero-order chi connectivity index (χ0) is 22.8. The molecule has 0 aliphatic rings. The highest BCUT2D eigenvalue weighted by molar-refractivity contribution is 7.19. The summed E-state index contributed by atoms with van der Waals surface area (Å²) >= 11 is 1.90.